The zero-order chi connectivity index (χ0) is 12.4. The molecule has 0 aliphatic carbocycles. The van der Waals surface area contributed by atoms with E-state index in [4.69, 9.17) is 0 Å². The van der Waals surface area contributed by atoms with Gasteiger partial charge in [-0.3, -0.25) is 0 Å². The maximum atomic E-state index is 12.0. The van der Waals surface area contributed by atoms with Crippen LogP contribution in [-0.4, -0.2) is 13.3 Å². The summed E-state index contributed by atoms with van der Waals surface area (Å²) in [7, 11) is 0. The van der Waals surface area contributed by atoms with Crippen LogP contribution in [0.25, 0.3) is 0 Å². The SMILES string of the molecule is F[B-](F)(F)Cc1cccc(OC(F)(F)F)c1.[K+]. The minimum absolute atomic E-state index is 0. The summed E-state index contributed by atoms with van der Waals surface area (Å²) in [6, 6.07) is 3.85. The van der Waals surface area contributed by atoms with Crippen LogP contribution >= 0.6 is 0 Å². The van der Waals surface area contributed by atoms with Gasteiger partial charge in [0.1, 0.15) is 5.75 Å². The van der Waals surface area contributed by atoms with Gasteiger partial charge in [0.2, 0.25) is 0 Å². The van der Waals surface area contributed by atoms with Gasteiger partial charge in [-0.15, -0.1) is 13.2 Å². The Labute approximate surface area is 136 Å². The first-order chi connectivity index (χ1) is 7.16. The Morgan fingerprint density at radius 1 is 1.12 bits per heavy atom. The van der Waals surface area contributed by atoms with Crippen LogP contribution < -0.4 is 56.1 Å². The van der Waals surface area contributed by atoms with Crippen LogP contribution in [0.4, 0.5) is 26.1 Å². The molecule has 0 saturated carbocycles. The number of rotatable bonds is 3. The second-order valence-electron chi connectivity index (χ2n) is 3.11. The average Bonchev–Trinajstić information content (AvgIpc) is 1.96. The van der Waals surface area contributed by atoms with Gasteiger partial charge >= 0.3 is 64.7 Å². The molecule has 17 heavy (non-hydrogen) atoms. The van der Waals surface area contributed by atoms with Crippen LogP contribution in [0, 0.1) is 0 Å². The van der Waals surface area contributed by atoms with Crippen LogP contribution in [-0.2, 0) is 6.32 Å². The standard InChI is InChI=1S/C8H6BF6O.K/c10-8(11,12)16-7-3-1-2-6(4-7)5-9(13,14)15;/h1-4H,5H2;/q-1;+1. The first kappa shape index (κ1) is 17.3. The predicted octanol–water partition coefficient (Wildman–Crippen LogP) is 0.518. The molecule has 0 radical (unpaired) electrons. The molecular formula is C8H6BF6KO. The number of ether oxygens (including phenoxy) is 1. The Balaban J connectivity index is 0.00000256. The van der Waals surface area contributed by atoms with Crippen molar-refractivity contribution in [2.75, 3.05) is 0 Å². The largest absolute Gasteiger partial charge is 1.00 e. The number of alkyl halides is 3. The van der Waals surface area contributed by atoms with Crippen molar-refractivity contribution in [2.45, 2.75) is 12.7 Å². The molecule has 0 saturated heterocycles. The summed E-state index contributed by atoms with van der Waals surface area (Å²) in [4.78, 5) is 0. The molecule has 0 heterocycles. The fourth-order valence-corrected chi connectivity index (χ4v) is 1.14. The van der Waals surface area contributed by atoms with Gasteiger partial charge in [0.15, 0.2) is 0 Å². The fourth-order valence-electron chi connectivity index (χ4n) is 1.14. The van der Waals surface area contributed by atoms with E-state index in [1.165, 1.54) is 0 Å². The van der Waals surface area contributed by atoms with Crippen LogP contribution in [0.3, 0.4) is 0 Å². The number of hydrogen-bond donors (Lipinski definition) is 0. The maximum absolute atomic E-state index is 12.0. The molecule has 90 valence electrons. The second kappa shape index (κ2) is 6.46. The van der Waals surface area contributed by atoms with Gasteiger partial charge in [0.05, 0.1) is 0 Å². The van der Waals surface area contributed by atoms with Crippen molar-refractivity contribution in [3.63, 3.8) is 0 Å². The third-order valence-electron chi connectivity index (χ3n) is 1.60. The molecule has 0 amide bonds. The Morgan fingerprint density at radius 3 is 2.18 bits per heavy atom. The second-order valence-corrected chi connectivity index (χ2v) is 3.11. The summed E-state index contributed by atoms with van der Waals surface area (Å²) >= 11 is 0. The Morgan fingerprint density at radius 2 is 1.71 bits per heavy atom. The van der Waals surface area contributed by atoms with Crippen molar-refractivity contribution < 1.29 is 82.2 Å². The van der Waals surface area contributed by atoms with E-state index < -0.39 is 25.4 Å². The van der Waals surface area contributed by atoms with Crippen molar-refractivity contribution in [1.29, 1.82) is 0 Å². The summed E-state index contributed by atoms with van der Waals surface area (Å²) in [6.07, 6.45) is -6.13. The van der Waals surface area contributed by atoms with E-state index in [0.29, 0.717) is 0 Å². The Bertz CT molecular complexity index is 333. The van der Waals surface area contributed by atoms with E-state index in [9.17, 15) is 26.1 Å². The predicted molar refractivity (Wildman–Crippen MR) is 45.9 cm³/mol. The molecule has 0 bridgehead atoms. The molecule has 0 aliphatic heterocycles. The molecular weight excluding hydrogens is 276 g/mol. The topological polar surface area (TPSA) is 9.23 Å². The molecule has 0 N–H and O–H groups in total. The monoisotopic (exact) mass is 282 g/mol. The van der Waals surface area contributed by atoms with Crippen molar-refractivity contribution in [2.24, 2.45) is 0 Å². The van der Waals surface area contributed by atoms with Gasteiger partial charge in [-0.2, -0.15) is 0 Å². The zero-order valence-electron chi connectivity index (χ0n) is 8.77. The van der Waals surface area contributed by atoms with Gasteiger partial charge in [-0.25, -0.2) is 0 Å². The van der Waals surface area contributed by atoms with E-state index in [1.54, 1.807) is 0 Å². The molecule has 0 atom stereocenters. The normalized spacial score (nSPS) is 11.9. The summed E-state index contributed by atoms with van der Waals surface area (Å²) in [5.74, 6) is -0.648. The molecule has 0 aromatic heterocycles. The van der Waals surface area contributed by atoms with Crippen molar-refractivity contribution >= 4 is 6.98 Å². The number of halogens is 6. The van der Waals surface area contributed by atoms with Crippen LogP contribution in [0.1, 0.15) is 5.56 Å². The van der Waals surface area contributed by atoms with E-state index in [2.05, 4.69) is 4.74 Å². The molecule has 1 nitrogen and oxygen atoms in total. The first-order valence-electron chi connectivity index (χ1n) is 4.21. The van der Waals surface area contributed by atoms with E-state index in [1.807, 2.05) is 0 Å². The van der Waals surface area contributed by atoms with E-state index >= 15 is 0 Å². The minimum Gasteiger partial charge on any atom is -0.449 e. The third kappa shape index (κ3) is 8.09. The van der Waals surface area contributed by atoms with Crippen molar-refractivity contribution in [3.05, 3.63) is 29.8 Å². The quantitative estimate of drug-likeness (QED) is 0.580. The molecule has 0 spiro atoms. The van der Waals surface area contributed by atoms with Gasteiger partial charge in [-0.05, 0) is 12.1 Å². The minimum atomic E-state index is -5.07. The summed E-state index contributed by atoms with van der Waals surface area (Å²) in [5.41, 5.74) is -0.255. The number of benzene rings is 1. The van der Waals surface area contributed by atoms with Gasteiger partial charge in [-0.1, -0.05) is 24.0 Å². The molecule has 1 aromatic carbocycles. The zero-order valence-corrected chi connectivity index (χ0v) is 11.9. The Hall–Kier alpha value is 0.301. The first-order valence-corrected chi connectivity index (χ1v) is 4.21. The van der Waals surface area contributed by atoms with Crippen molar-refractivity contribution in [3.8, 4) is 5.75 Å². The number of hydrogen-bond acceptors (Lipinski definition) is 1. The van der Waals surface area contributed by atoms with Crippen LogP contribution in [0.15, 0.2) is 24.3 Å². The molecule has 9 heteroatoms. The average molecular weight is 282 g/mol. The van der Waals surface area contributed by atoms with Gasteiger partial charge < -0.3 is 17.7 Å². The molecule has 1 aromatic rings. The van der Waals surface area contributed by atoms with Gasteiger partial charge in [0, 0.05) is 0 Å². The third-order valence-corrected chi connectivity index (χ3v) is 1.60. The van der Waals surface area contributed by atoms with Crippen LogP contribution in [0.5, 0.6) is 5.75 Å². The van der Waals surface area contributed by atoms with Gasteiger partial charge in [0.25, 0.3) is 0 Å². The molecule has 0 fully saturated rings. The molecule has 0 unspecified atom stereocenters. The van der Waals surface area contributed by atoms with Crippen LogP contribution in [0.2, 0.25) is 0 Å². The summed E-state index contributed by atoms with van der Waals surface area (Å²) in [6.45, 7) is -5.07. The van der Waals surface area contributed by atoms with E-state index in [-0.39, 0.29) is 56.9 Å². The Kier molecular flexibility index (Phi) is 6.58. The maximum Gasteiger partial charge on any atom is 1.00 e. The van der Waals surface area contributed by atoms with Crippen molar-refractivity contribution in [1.82, 2.24) is 0 Å². The smallest absolute Gasteiger partial charge is 0.449 e. The molecule has 1 rings (SSSR count). The molecule has 0 aliphatic rings. The summed E-state index contributed by atoms with van der Waals surface area (Å²) in [5, 5.41) is 0. The van der Waals surface area contributed by atoms with E-state index in [0.717, 1.165) is 24.3 Å². The fraction of sp³-hybridized carbons (Fsp3) is 0.250. The summed E-state index contributed by atoms with van der Waals surface area (Å²) < 4.78 is 74.8.